The average Bonchev–Trinajstić information content (AvgIpc) is 3.12. The summed E-state index contributed by atoms with van der Waals surface area (Å²) in [5, 5.41) is 7.03. The summed E-state index contributed by atoms with van der Waals surface area (Å²) in [6, 6.07) is 3.30. The Morgan fingerprint density at radius 3 is 2.91 bits per heavy atom. The van der Waals surface area contributed by atoms with E-state index in [9.17, 15) is 4.79 Å². The highest BCUT2D eigenvalue weighted by molar-refractivity contribution is 5.79. The van der Waals surface area contributed by atoms with Gasteiger partial charge in [-0.2, -0.15) is 4.98 Å². The van der Waals surface area contributed by atoms with Gasteiger partial charge in [-0.1, -0.05) is 31.8 Å². The van der Waals surface area contributed by atoms with E-state index in [1.807, 2.05) is 0 Å². The van der Waals surface area contributed by atoms with E-state index in [1.165, 1.54) is 0 Å². The van der Waals surface area contributed by atoms with Crippen molar-refractivity contribution in [1.82, 2.24) is 15.5 Å². The number of carbonyl (C=O) groups excluding carboxylic acids is 1. The van der Waals surface area contributed by atoms with Crippen molar-refractivity contribution < 1.29 is 13.7 Å². The number of hydrogen-bond acceptors (Lipinski definition) is 5. The zero-order valence-electron chi connectivity index (χ0n) is 12.9. The number of carbonyl (C=O) groups is 1. The first kappa shape index (κ1) is 14.8. The molecule has 6 nitrogen and oxygen atoms in total. The molecule has 22 heavy (non-hydrogen) atoms. The molecule has 6 heteroatoms. The van der Waals surface area contributed by atoms with Crippen LogP contribution in [0.15, 0.2) is 27.3 Å². The first-order valence-corrected chi connectivity index (χ1v) is 7.87. The standard InChI is InChI=1S/C16H21N3O3/c1-3-10(2)13(17-15(20)11-6-4-7-11)16-18-14(19-22-16)12-8-5-9-21-12/h5,8-11,13H,3-4,6-7H2,1-2H3,(H,17,20)/t10-,13-/m1/s1. The molecule has 0 aromatic carbocycles. The Morgan fingerprint density at radius 1 is 1.50 bits per heavy atom. The van der Waals surface area contributed by atoms with Crippen molar-refractivity contribution in [2.24, 2.45) is 11.8 Å². The molecule has 1 aliphatic rings. The van der Waals surface area contributed by atoms with Crippen molar-refractivity contribution in [3.05, 3.63) is 24.3 Å². The molecule has 1 aliphatic carbocycles. The fourth-order valence-electron chi connectivity index (χ4n) is 2.49. The lowest BCUT2D eigenvalue weighted by Crippen LogP contribution is -2.39. The Morgan fingerprint density at radius 2 is 2.32 bits per heavy atom. The highest BCUT2D eigenvalue weighted by Gasteiger charge is 2.31. The summed E-state index contributed by atoms with van der Waals surface area (Å²) in [7, 11) is 0. The maximum absolute atomic E-state index is 12.2. The number of furan rings is 1. The number of hydrogen-bond donors (Lipinski definition) is 1. The topological polar surface area (TPSA) is 81.2 Å². The molecule has 2 atom stereocenters. The van der Waals surface area contributed by atoms with Crippen LogP contribution < -0.4 is 5.32 Å². The molecule has 1 saturated carbocycles. The Bertz CT molecular complexity index is 616. The number of nitrogens with zero attached hydrogens (tertiary/aromatic N) is 2. The maximum atomic E-state index is 12.2. The van der Waals surface area contributed by atoms with Gasteiger partial charge in [0.2, 0.25) is 17.6 Å². The van der Waals surface area contributed by atoms with Gasteiger partial charge in [-0.3, -0.25) is 4.79 Å². The zero-order chi connectivity index (χ0) is 15.5. The second-order valence-corrected chi connectivity index (χ2v) is 5.93. The van der Waals surface area contributed by atoms with Gasteiger partial charge >= 0.3 is 0 Å². The van der Waals surface area contributed by atoms with E-state index in [1.54, 1.807) is 18.4 Å². The molecule has 1 amide bonds. The third-order valence-electron chi connectivity index (χ3n) is 4.44. The summed E-state index contributed by atoms with van der Waals surface area (Å²) in [5.41, 5.74) is 0. The summed E-state index contributed by atoms with van der Waals surface area (Å²) < 4.78 is 10.6. The Balaban J connectivity index is 1.78. The van der Waals surface area contributed by atoms with E-state index in [-0.39, 0.29) is 23.8 Å². The molecule has 1 fully saturated rings. The molecule has 118 valence electrons. The van der Waals surface area contributed by atoms with Crippen molar-refractivity contribution in [3.8, 4) is 11.6 Å². The van der Waals surface area contributed by atoms with Gasteiger partial charge < -0.3 is 14.3 Å². The number of nitrogens with one attached hydrogen (secondary N) is 1. The van der Waals surface area contributed by atoms with Crippen molar-refractivity contribution in [2.75, 3.05) is 0 Å². The molecule has 2 aromatic rings. The highest BCUT2D eigenvalue weighted by atomic mass is 16.5. The number of aromatic nitrogens is 2. The van der Waals surface area contributed by atoms with Crippen LogP contribution in [0.25, 0.3) is 11.6 Å². The quantitative estimate of drug-likeness (QED) is 0.885. The van der Waals surface area contributed by atoms with Crippen LogP contribution in [-0.4, -0.2) is 16.0 Å². The van der Waals surface area contributed by atoms with Crippen LogP contribution in [0, 0.1) is 11.8 Å². The van der Waals surface area contributed by atoms with Gasteiger partial charge in [0.15, 0.2) is 5.76 Å². The molecular formula is C16H21N3O3. The predicted molar refractivity (Wildman–Crippen MR) is 79.7 cm³/mol. The number of amides is 1. The van der Waals surface area contributed by atoms with Crippen LogP contribution in [0.3, 0.4) is 0 Å². The highest BCUT2D eigenvalue weighted by Crippen LogP contribution is 2.30. The summed E-state index contributed by atoms with van der Waals surface area (Å²) in [4.78, 5) is 16.6. The average molecular weight is 303 g/mol. The Hall–Kier alpha value is -2.11. The summed E-state index contributed by atoms with van der Waals surface area (Å²) >= 11 is 0. The summed E-state index contributed by atoms with van der Waals surface area (Å²) in [6.45, 7) is 4.15. The number of rotatable bonds is 6. The fraction of sp³-hybridized carbons (Fsp3) is 0.562. The van der Waals surface area contributed by atoms with Crippen LogP contribution in [0.1, 0.15) is 51.5 Å². The monoisotopic (exact) mass is 303 g/mol. The van der Waals surface area contributed by atoms with E-state index in [0.29, 0.717) is 17.5 Å². The SMILES string of the molecule is CC[C@@H](C)[C@@H](NC(=O)C1CCC1)c1nc(-c2ccco2)no1. The molecule has 2 heterocycles. The molecule has 3 rings (SSSR count). The molecule has 0 radical (unpaired) electrons. The Kier molecular flexibility index (Phi) is 4.27. The van der Waals surface area contributed by atoms with E-state index in [2.05, 4.69) is 29.3 Å². The van der Waals surface area contributed by atoms with Crippen molar-refractivity contribution in [3.63, 3.8) is 0 Å². The largest absolute Gasteiger partial charge is 0.461 e. The first-order chi connectivity index (χ1) is 10.7. The predicted octanol–water partition coefficient (Wildman–Crippen LogP) is 3.33. The lowest BCUT2D eigenvalue weighted by molar-refractivity contribution is -0.128. The maximum Gasteiger partial charge on any atom is 0.249 e. The summed E-state index contributed by atoms with van der Waals surface area (Å²) in [5.74, 6) is 1.85. The minimum Gasteiger partial charge on any atom is -0.461 e. The molecule has 0 aliphatic heterocycles. The van der Waals surface area contributed by atoms with Gasteiger partial charge in [0, 0.05) is 5.92 Å². The van der Waals surface area contributed by atoms with E-state index in [4.69, 9.17) is 8.94 Å². The zero-order valence-corrected chi connectivity index (χ0v) is 12.9. The van der Waals surface area contributed by atoms with Crippen molar-refractivity contribution in [2.45, 2.75) is 45.6 Å². The van der Waals surface area contributed by atoms with Crippen LogP contribution in [-0.2, 0) is 4.79 Å². The van der Waals surface area contributed by atoms with Gasteiger partial charge in [-0.25, -0.2) is 0 Å². The van der Waals surface area contributed by atoms with Crippen LogP contribution in [0.4, 0.5) is 0 Å². The third-order valence-corrected chi connectivity index (χ3v) is 4.44. The molecule has 0 bridgehead atoms. The molecule has 0 unspecified atom stereocenters. The smallest absolute Gasteiger partial charge is 0.249 e. The normalized spacial score (nSPS) is 17.7. The molecular weight excluding hydrogens is 282 g/mol. The lowest BCUT2D eigenvalue weighted by atomic mass is 9.84. The minimum atomic E-state index is -0.255. The Labute approximate surface area is 129 Å². The van der Waals surface area contributed by atoms with Gasteiger partial charge in [0.25, 0.3) is 0 Å². The molecule has 1 N–H and O–H groups in total. The van der Waals surface area contributed by atoms with Crippen molar-refractivity contribution in [1.29, 1.82) is 0 Å². The summed E-state index contributed by atoms with van der Waals surface area (Å²) in [6.07, 6.45) is 5.56. The fourth-order valence-corrected chi connectivity index (χ4v) is 2.49. The molecule has 2 aromatic heterocycles. The van der Waals surface area contributed by atoms with Gasteiger partial charge in [-0.15, -0.1) is 0 Å². The van der Waals surface area contributed by atoms with Crippen LogP contribution in [0.5, 0.6) is 0 Å². The van der Waals surface area contributed by atoms with E-state index in [0.717, 1.165) is 25.7 Å². The van der Waals surface area contributed by atoms with Crippen molar-refractivity contribution >= 4 is 5.91 Å². The lowest BCUT2D eigenvalue weighted by Gasteiger charge is -2.28. The minimum absolute atomic E-state index is 0.0919. The van der Waals surface area contributed by atoms with Gasteiger partial charge in [0.05, 0.1) is 6.26 Å². The van der Waals surface area contributed by atoms with Gasteiger partial charge in [-0.05, 0) is 30.9 Å². The van der Waals surface area contributed by atoms with Crippen LogP contribution in [0.2, 0.25) is 0 Å². The molecule has 0 saturated heterocycles. The second kappa shape index (κ2) is 6.34. The molecule has 0 spiro atoms. The van der Waals surface area contributed by atoms with E-state index < -0.39 is 0 Å². The third kappa shape index (κ3) is 2.91. The van der Waals surface area contributed by atoms with Gasteiger partial charge in [0.1, 0.15) is 6.04 Å². The first-order valence-electron chi connectivity index (χ1n) is 7.87. The van der Waals surface area contributed by atoms with E-state index >= 15 is 0 Å². The van der Waals surface area contributed by atoms with Crippen LogP contribution >= 0.6 is 0 Å². The second-order valence-electron chi connectivity index (χ2n) is 5.93.